The van der Waals surface area contributed by atoms with Gasteiger partial charge in [0.1, 0.15) is 22.7 Å². The minimum Gasteiger partial charge on any atom is -0.370 e. The van der Waals surface area contributed by atoms with Crippen molar-refractivity contribution in [1.29, 1.82) is 0 Å². The molecule has 0 fully saturated rings. The van der Waals surface area contributed by atoms with Gasteiger partial charge in [-0.2, -0.15) is 0 Å². The van der Waals surface area contributed by atoms with Gasteiger partial charge in [0.15, 0.2) is 9.84 Å². The highest BCUT2D eigenvalue weighted by Gasteiger charge is 2.35. The van der Waals surface area contributed by atoms with Crippen LogP contribution >= 0.6 is 23.2 Å². The molecule has 0 amide bonds. The van der Waals surface area contributed by atoms with Crippen LogP contribution in [0.15, 0.2) is 78.1 Å². The Kier molecular flexibility index (Phi) is 8.52. The minimum atomic E-state index is -4.29. The Bertz CT molecular complexity index is 1480. The van der Waals surface area contributed by atoms with Crippen LogP contribution in [0.1, 0.15) is 22.8 Å². The molecule has 37 heavy (non-hydrogen) atoms. The fourth-order valence-electron chi connectivity index (χ4n) is 3.62. The Hall–Kier alpha value is -3.34. The molecule has 192 valence electrons. The van der Waals surface area contributed by atoms with E-state index >= 15 is 0 Å². The standard InChI is InChI=1S/C25H21Cl2F2N5O2S/c26-16-3-6-18(7-4-16)37(35,36)24(20-13-17(28)5-8-22(20)29)19-14-23(34-15-21(19)27)30-9-1-10-31-25-32-11-2-12-33-25/h2-8,11-15,24H,1,9-10H2,(H,30,34)(H,31,32,33). The van der Waals surface area contributed by atoms with E-state index in [2.05, 4.69) is 25.6 Å². The quantitative estimate of drug-likeness (QED) is 0.231. The van der Waals surface area contributed by atoms with Crippen molar-refractivity contribution >= 4 is 44.8 Å². The zero-order valence-corrected chi connectivity index (χ0v) is 21.5. The monoisotopic (exact) mass is 563 g/mol. The molecule has 0 bridgehead atoms. The molecule has 0 aliphatic carbocycles. The van der Waals surface area contributed by atoms with Crippen molar-refractivity contribution in [2.24, 2.45) is 0 Å². The molecule has 0 aliphatic heterocycles. The topological polar surface area (TPSA) is 96.9 Å². The van der Waals surface area contributed by atoms with Crippen molar-refractivity contribution in [2.45, 2.75) is 16.6 Å². The van der Waals surface area contributed by atoms with Crippen LogP contribution in [0.25, 0.3) is 0 Å². The molecule has 4 rings (SSSR count). The van der Waals surface area contributed by atoms with Crippen LogP contribution in [-0.2, 0) is 9.84 Å². The van der Waals surface area contributed by atoms with E-state index in [1.165, 1.54) is 36.5 Å². The van der Waals surface area contributed by atoms with Crippen molar-refractivity contribution < 1.29 is 17.2 Å². The molecule has 2 aromatic carbocycles. The van der Waals surface area contributed by atoms with Crippen LogP contribution in [0.3, 0.4) is 0 Å². The Morgan fingerprint density at radius 2 is 1.57 bits per heavy atom. The molecule has 1 unspecified atom stereocenters. The predicted octanol–water partition coefficient (Wildman–Crippen LogP) is 5.93. The molecule has 0 spiro atoms. The largest absolute Gasteiger partial charge is 0.370 e. The maximum absolute atomic E-state index is 14.9. The van der Waals surface area contributed by atoms with Crippen LogP contribution in [-0.4, -0.2) is 36.5 Å². The first-order valence-electron chi connectivity index (χ1n) is 11.1. The first-order valence-corrected chi connectivity index (χ1v) is 13.4. The maximum atomic E-state index is 14.9. The first-order chi connectivity index (χ1) is 17.8. The summed E-state index contributed by atoms with van der Waals surface area (Å²) in [6, 6.07) is 11.2. The lowest BCUT2D eigenvalue weighted by Crippen LogP contribution is -2.18. The van der Waals surface area contributed by atoms with Crippen molar-refractivity contribution in [2.75, 3.05) is 23.7 Å². The highest BCUT2D eigenvalue weighted by atomic mass is 35.5. The summed E-state index contributed by atoms with van der Waals surface area (Å²) in [7, 11) is -4.29. The van der Waals surface area contributed by atoms with E-state index in [1.54, 1.807) is 18.5 Å². The molecular formula is C25H21Cl2F2N5O2S. The van der Waals surface area contributed by atoms with Gasteiger partial charge < -0.3 is 10.6 Å². The molecule has 0 radical (unpaired) electrons. The van der Waals surface area contributed by atoms with Gasteiger partial charge in [-0.15, -0.1) is 0 Å². The van der Waals surface area contributed by atoms with Gasteiger partial charge in [0, 0.05) is 42.3 Å². The predicted molar refractivity (Wildman–Crippen MR) is 140 cm³/mol. The zero-order valence-electron chi connectivity index (χ0n) is 19.2. The molecule has 2 aromatic heterocycles. The van der Waals surface area contributed by atoms with E-state index in [1.807, 2.05) is 0 Å². The van der Waals surface area contributed by atoms with Crippen molar-refractivity contribution in [3.63, 3.8) is 0 Å². The molecule has 0 saturated carbocycles. The molecule has 1 atom stereocenters. The van der Waals surface area contributed by atoms with Crippen LogP contribution in [0.2, 0.25) is 10.0 Å². The van der Waals surface area contributed by atoms with E-state index < -0.39 is 26.7 Å². The molecule has 0 saturated heterocycles. The van der Waals surface area contributed by atoms with Gasteiger partial charge in [0.2, 0.25) is 5.95 Å². The van der Waals surface area contributed by atoms with Crippen molar-refractivity contribution in [3.8, 4) is 0 Å². The zero-order chi connectivity index (χ0) is 26.4. The number of hydrogen-bond acceptors (Lipinski definition) is 7. The minimum absolute atomic E-state index is 0.0142. The van der Waals surface area contributed by atoms with Gasteiger partial charge >= 0.3 is 0 Å². The summed E-state index contributed by atoms with van der Waals surface area (Å²) in [5.74, 6) is -0.850. The third kappa shape index (κ3) is 6.51. The Morgan fingerprint density at radius 1 is 0.865 bits per heavy atom. The number of halogens is 4. The summed E-state index contributed by atoms with van der Waals surface area (Å²) in [5, 5.41) is 4.85. The highest BCUT2D eigenvalue weighted by Crippen LogP contribution is 2.40. The average Bonchev–Trinajstić information content (AvgIpc) is 2.88. The molecular weight excluding hydrogens is 543 g/mol. The summed E-state index contributed by atoms with van der Waals surface area (Å²) < 4.78 is 56.6. The molecule has 12 heteroatoms. The molecule has 2 heterocycles. The number of sulfone groups is 1. The second-order valence-corrected chi connectivity index (χ2v) is 10.8. The van der Waals surface area contributed by atoms with Crippen LogP contribution < -0.4 is 10.6 Å². The summed E-state index contributed by atoms with van der Waals surface area (Å²) in [5.41, 5.74) is -0.324. The van der Waals surface area contributed by atoms with Crippen LogP contribution in [0, 0.1) is 11.6 Å². The summed E-state index contributed by atoms with van der Waals surface area (Å²) in [6.07, 6.45) is 5.19. The highest BCUT2D eigenvalue weighted by molar-refractivity contribution is 7.92. The molecule has 7 nitrogen and oxygen atoms in total. The fourth-order valence-corrected chi connectivity index (χ4v) is 5.86. The third-order valence-electron chi connectivity index (χ3n) is 5.37. The number of benzene rings is 2. The van der Waals surface area contributed by atoms with Gasteiger partial charge in [-0.3, -0.25) is 0 Å². The number of anilines is 2. The summed E-state index contributed by atoms with van der Waals surface area (Å²) in [4.78, 5) is 12.2. The summed E-state index contributed by atoms with van der Waals surface area (Å²) in [6.45, 7) is 1.04. The van der Waals surface area contributed by atoms with E-state index in [0.717, 1.165) is 18.2 Å². The van der Waals surface area contributed by atoms with Gasteiger partial charge in [0.25, 0.3) is 0 Å². The molecule has 4 aromatic rings. The Balaban J connectivity index is 1.63. The molecule has 0 aliphatic rings. The van der Waals surface area contributed by atoms with E-state index in [4.69, 9.17) is 23.2 Å². The lowest BCUT2D eigenvalue weighted by Gasteiger charge is -2.21. The van der Waals surface area contributed by atoms with Gasteiger partial charge in [-0.1, -0.05) is 23.2 Å². The number of rotatable bonds is 10. The lowest BCUT2D eigenvalue weighted by molar-refractivity contribution is 0.569. The van der Waals surface area contributed by atoms with Crippen LogP contribution in [0.4, 0.5) is 20.5 Å². The maximum Gasteiger partial charge on any atom is 0.222 e. The average molecular weight is 564 g/mol. The van der Waals surface area contributed by atoms with Gasteiger partial charge in [-0.05, 0) is 66.6 Å². The number of aromatic nitrogens is 3. The van der Waals surface area contributed by atoms with Crippen LogP contribution in [0.5, 0.6) is 0 Å². The number of nitrogens with one attached hydrogen (secondary N) is 2. The second-order valence-electron chi connectivity index (χ2n) is 7.92. The molecule has 2 N–H and O–H groups in total. The Morgan fingerprint density at radius 3 is 2.30 bits per heavy atom. The van der Waals surface area contributed by atoms with Gasteiger partial charge in [-0.25, -0.2) is 32.2 Å². The lowest BCUT2D eigenvalue weighted by atomic mass is 10.0. The van der Waals surface area contributed by atoms with Crippen molar-refractivity contribution in [3.05, 3.63) is 106 Å². The smallest absolute Gasteiger partial charge is 0.222 e. The second kappa shape index (κ2) is 11.8. The van der Waals surface area contributed by atoms with Gasteiger partial charge in [0.05, 0.1) is 9.92 Å². The van der Waals surface area contributed by atoms with E-state index in [-0.39, 0.29) is 21.0 Å². The van der Waals surface area contributed by atoms with E-state index in [9.17, 15) is 17.2 Å². The normalized spacial score (nSPS) is 12.2. The number of nitrogens with zero attached hydrogens (tertiary/aromatic N) is 3. The van der Waals surface area contributed by atoms with E-state index in [0.29, 0.717) is 36.3 Å². The number of pyridine rings is 1. The third-order valence-corrected chi connectivity index (χ3v) is 7.99. The van der Waals surface area contributed by atoms with Crippen molar-refractivity contribution in [1.82, 2.24) is 15.0 Å². The Labute approximate surface area is 222 Å². The SMILES string of the molecule is O=S(=O)(c1ccc(Cl)cc1)C(c1cc(F)ccc1F)c1cc(NCCCNc2ncccn2)ncc1Cl. The fraction of sp³-hybridized carbons (Fsp3) is 0.160. The summed E-state index contributed by atoms with van der Waals surface area (Å²) >= 11 is 12.3. The number of hydrogen-bond donors (Lipinski definition) is 2. The first kappa shape index (κ1) is 26.7.